The third kappa shape index (κ3) is 1.69. The SMILES string of the molecule is O=C(O)c1nn2c(c1-c1cccc(Cl)c1)CCC2. The van der Waals surface area contributed by atoms with E-state index in [4.69, 9.17) is 11.6 Å². The first-order valence-corrected chi connectivity index (χ1v) is 6.13. The third-order valence-electron chi connectivity index (χ3n) is 3.16. The van der Waals surface area contributed by atoms with Crippen LogP contribution in [0.4, 0.5) is 0 Å². The molecule has 1 aromatic carbocycles. The Morgan fingerprint density at radius 3 is 3.00 bits per heavy atom. The summed E-state index contributed by atoms with van der Waals surface area (Å²) >= 11 is 5.97. The zero-order valence-electron chi connectivity index (χ0n) is 9.56. The summed E-state index contributed by atoms with van der Waals surface area (Å²) in [6.45, 7) is 0.788. The highest BCUT2D eigenvalue weighted by molar-refractivity contribution is 6.30. The molecule has 2 aromatic rings. The van der Waals surface area contributed by atoms with E-state index in [9.17, 15) is 9.90 Å². The first kappa shape index (κ1) is 11.3. The van der Waals surface area contributed by atoms with Crippen molar-refractivity contribution in [1.29, 1.82) is 0 Å². The number of benzene rings is 1. The molecule has 0 spiro atoms. The van der Waals surface area contributed by atoms with E-state index in [2.05, 4.69) is 5.10 Å². The first-order valence-electron chi connectivity index (χ1n) is 5.76. The van der Waals surface area contributed by atoms with Gasteiger partial charge >= 0.3 is 5.97 Å². The monoisotopic (exact) mass is 262 g/mol. The van der Waals surface area contributed by atoms with Crippen molar-refractivity contribution in [2.75, 3.05) is 0 Å². The lowest BCUT2D eigenvalue weighted by molar-refractivity contribution is 0.0690. The van der Waals surface area contributed by atoms with Gasteiger partial charge in [0.1, 0.15) is 0 Å². The van der Waals surface area contributed by atoms with Crippen LogP contribution in [0.3, 0.4) is 0 Å². The Hall–Kier alpha value is -1.81. The highest BCUT2D eigenvalue weighted by Crippen LogP contribution is 2.33. The van der Waals surface area contributed by atoms with E-state index in [1.54, 1.807) is 16.8 Å². The highest BCUT2D eigenvalue weighted by Gasteiger charge is 2.26. The molecule has 2 heterocycles. The number of nitrogens with zero attached hydrogens (tertiary/aromatic N) is 2. The van der Waals surface area contributed by atoms with Crippen LogP contribution in [0.1, 0.15) is 22.6 Å². The van der Waals surface area contributed by atoms with Crippen molar-refractivity contribution in [3.63, 3.8) is 0 Å². The summed E-state index contributed by atoms with van der Waals surface area (Å²) in [7, 11) is 0. The van der Waals surface area contributed by atoms with E-state index >= 15 is 0 Å². The standard InChI is InChI=1S/C13H11ClN2O2/c14-9-4-1-3-8(7-9)11-10-5-2-6-16(10)15-12(11)13(17)18/h1,3-4,7H,2,5-6H2,(H,17,18). The van der Waals surface area contributed by atoms with Crippen LogP contribution < -0.4 is 0 Å². The Kier molecular flexibility index (Phi) is 2.59. The van der Waals surface area contributed by atoms with E-state index in [1.807, 2.05) is 12.1 Å². The number of hydrogen-bond donors (Lipinski definition) is 1. The maximum Gasteiger partial charge on any atom is 0.357 e. The molecule has 5 heteroatoms. The molecule has 0 fully saturated rings. The van der Waals surface area contributed by atoms with Gasteiger partial charge in [0, 0.05) is 22.8 Å². The highest BCUT2D eigenvalue weighted by atomic mass is 35.5. The molecule has 0 saturated carbocycles. The molecular weight excluding hydrogens is 252 g/mol. The maximum atomic E-state index is 11.3. The van der Waals surface area contributed by atoms with Gasteiger partial charge in [0.25, 0.3) is 0 Å². The molecule has 0 amide bonds. The third-order valence-corrected chi connectivity index (χ3v) is 3.39. The van der Waals surface area contributed by atoms with E-state index in [-0.39, 0.29) is 5.69 Å². The molecule has 0 aliphatic carbocycles. The van der Waals surface area contributed by atoms with Crippen molar-refractivity contribution in [3.8, 4) is 11.1 Å². The van der Waals surface area contributed by atoms with Gasteiger partial charge < -0.3 is 5.11 Å². The smallest absolute Gasteiger partial charge is 0.357 e. The fourth-order valence-corrected chi connectivity index (χ4v) is 2.62. The van der Waals surface area contributed by atoms with Crippen molar-refractivity contribution in [3.05, 3.63) is 40.7 Å². The van der Waals surface area contributed by atoms with Gasteiger partial charge in [-0.2, -0.15) is 5.10 Å². The molecule has 4 nitrogen and oxygen atoms in total. The lowest BCUT2D eigenvalue weighted by Crippen LogP contribution is -2.02. The van der Waals surface area contributed by atoms with Crippen LogP contribution in [0.25, 0.3) is 11.1 Å². The van der Waals surface area contributed by atoms with Crippen LogP contribution >= 0.6 is 11.6 Å². The molecule has 3 rings (SSSR count). The second-order valence-corrected chi connectivity index (χ2v) is 4.75. The summed E-state index contributed by atoms with van der Waals surface area (Å²) in [4.78, 5) is 11.3. The number of aromatic carboxylic acids is 1. The molecule has 1 aliphatic rings. The fraction of sp³-hybridized carbons (Fsp3) is 0.231. The molecule has 0 saturated heterocycles. The largest absolute Gasteiger partial charge is 0.476 e. The van der Waals surface area contributed by atoms with Gasteiger partial charge in [-0.1, -0.05) is 23.7 Å². The first-order chi connectivity index (χ1) is 8.66. The predicted molar refractivity (Wildman–Crippen MR) is 68.0 cm³/mol. The van der Waals surface area contributed by atoms with E-state index in [1.165, 1.54) is 0 Å². The Morgan fingerprint density at radius 2 is 2.28 bits per heavy atom. The Balaban J connectivity index is 2.24. The normalized spacial score (nSPS) is 13.6. The summed E-state index contributed by atoms with van der Waals surface area (Å²) in [6, 6.07) is 7.25. The average molecular weight is 263 g/mol. The van der Waals surface area contributed by atoms with Crippen molar-refractivity contribution < 1.29 is 9.90 Å². The number of hydrogen-bond acceptors (Lipinski definition) is 2. The van der Waals surface area contributed by atoms with Gasteiger partial charge in [0.05, 0.1) is 0 Å². The maximum absolute atomic E-state index is 11.3. The Bertz CT molecular complexity index is 634. The second kappa shape index (κ2) is 4.14. The molecule has 1 N–H and O–H groups in total. The minimum Gasteiger partial charge on any atom is -0.476 e. The average Bonchev–Trinajstić information content (AvgIpc) is 2.87. The minimum absolute atomic E-state index is 0.118. The summed E-state index contributed by atoms with van der Waals surface area (Å²) in [5.74, 6) is -0.994. The summed E-state index contributed by atoms with van der Waals surface area (Å²) in [5.41, 5.74) is 2.65. The number of rotatable bonds is 2. The van der Waals surface area contributed by atoms with Crippen molar-refractivity contribution in [1.82, 2.24) is 9.78 Å². The van der Waals surface area contributed by atoms with Crippen molar-refractivity contribution in [2.45, 2.75) is 19.4 Å². The van der Waals surface area contributed by atoms with E-state index in [0.29, 0.717) is 10.6 Å². The van der Waals surface area contributed by atoms with Crippen molar-refractivity contribution >= 4 is 17.6 Å². The van der Waals surface area contributed by atoms with Gasteiger partial charge in [0.2, 0.25) is 0 Å². The number of aromatic nitrogens is 2. The van der Waals surface area contributed by atoms with E-state index in [0.717, 1.165) is 30.6 Å². The van der Waals surface area contributed by atoms with Gasteiger partial charge in [-0.15, -0.1) is 0 Å². The minimum atomic E-state index is -0.994. The number of aryl methyl sites for hydroxylation is 1. The predicted octanol–water partition coefficient (Wildman–Crippen LogP) is 2.85. The number of halogens is 1. The number of carboxylic acids is 1. The van der Waals surface area contributed by atoms with E-state index < -0.39 is 5.97 Å². The van der Waals surface area contributed by atoms with Gasteiger partial charge in [-0.05, 0) is 30.5 Å². The van der Waals surface area contributed by atoms with Crippen LogP contribution in [-0.4, -0.2) is 20.9 Å². The number of carbonyl (C=O) groups is 1. The molecule has 0 atom stereocenters. The van der Waals surface area contributed by atoms with Crippen LogP contribution in [0.15, 0.2) is 24.3 Å². The molecule has 18 heavy (non-hydrogen) atoms. The number of carboxylic acid groups (broad SMARTS) is 1. The molecule has 92 valence electrons. The molecule has 1 aliphatic heterocycles. The molecular formula is C13H11ClN2O2. The van der Waals surface area contributed by atoms with Gasteiger partial charge in [0.15, 0.2) is 5.69 Å². The second-order valence-electron chi connectivity index (χ2n) is 4.31. The zero-order valence-corrected chi connectivity index (χ0v) is 10.3. The van der Waals surface area contributed by atoms with Gasteiger partial charge in [-0.25, -0.2) is 4.79 Å². The quantitative estimate of drug-likeness (QED) is 0.905. The van der Waals surface area contributed by atoms with Crippen LogP contribution in [0.5, 0.6) is 0 Å². The fourth-order valence-electron chi connectivity index (χ4n) is 2.43. The topological polar surface area (TPSA) is 55.1 Å². The summed E-state index contributed by atoms with van der Waals surface area (Å²) in [5, 5.41) is 14.0. The van der Waals surface area contributed by atoms with Gasteiger partial charge in [-0.3, -0.25) is 4.68 Å². The molecule has 1 aromatic heterocycles. The van der Waals surface area contributed by atoms with Crippen molar-refractivity contribution in [2.24, 2.45) is 0 Å². The number of fused-ring (bicyclic) bond motifs is 1. The molecule has 0 bridgehead atoms. The molecule has 0 radical (unpaired) electrons. The van der Waals surface area contributed by atoms with Crippen LogP contribution in [-0.2, 0) is 13.0 Å². The van der Waals surface area contributed by atoms with Crippen LogP contribution in [0, 0.1) is 0 Å². The Labute approximate surface area is 109 Å². The lowest BCUT2D eigenvalue weighted by Gasteiger charge is -2.03. The summed E-state index contributed by atoms with van der Waals surface area (Å²) < 4.78 is 1.79. The lowest BCUT2D eigenvalue weighted by atomic mass is 10.0. The summed E-state index contributed by atoms with van der Waals surface area (Å²) in [6.07, 6.45) is 1.87. The Morgan fingerprint density at radius 1 is 1.44 bits per heavy atom. The molecule has 0 unspecified atom stereocenters. The zero-order chi connectivity index (χ0) is 12.7. The van der Waals surface area contributed by atoms with Crippen LogP contribution in [0.2, 0.25) is 5.02 Å².